The quantitative estimate of drug-likeness (QED) is 0.879. The molecule has 0 unspecified atom stereocenters. The van der Waals surface area contributed by atoms with Crippen LogP contribution in [0.15, 0.2) is 36.7 Å². The molecule has 0 aliphatic carbocycles. The Morgan fingerprint density at radius 2 is 2.21 bits per heavy atom. The maximum atomic E-state index is 12.0. The van der Waals surface area contributed by atoms with Crippen molar-refractivity contribution in [2.24, 2.45) is 7.05 Å². The molecule has 5 nitrogen and oxygen atoms in total. The molecule has 0 spiro atoms. The molecule has 1 aromatic heterocycles. The fraction of sp³-hybridized carbons (Fsp3) is 0.214. The highest BCUT2D eigenvalue weighted by Gasteiger charge is 2.12. The Hall–Kier alpha value is -2.43. The number of hydrogen-bond acceptors (Lipinski definition) is 3. The van der Waals surface area contributed by atoms with Gasteiger partial charge in [-0.25, -0.2) is 0 Å². The molecule has 0 radical (unpaired) electrons. The van der Waals surface area contributed by atoms with Gasteiger partial charge in [-0.2, -0.15) is 0 Å². The van der Waals surface area contributed by atoms with E-state index in [1.807, 2.05) is 30.1 Å². The van der Waals surface area contributed by atoms with E-state index in [0.29, 0.717) is 12.3 Å². The van der Waals surface area contributed by atoms with Crippen LogP contribution in [0.3, 0.4) is 0 Å². The van der Waals surface area contributed by atoms with Crippen molar-refractivity contribution >= 4 is 5.91 Å². The zero-order valence-corrected chi connectivity index (χ0v) is 10.9. The van der Waals surface area contributed by atoms with E-state index in [1.165, 1.54) is 19.2 Å². The van der Waals surface area contributed by atoms with Gasteiger partial charge in [0.1, 0.15) is 11.5 Å². The van der Waals surface area contributed by atoms with Crippen LogP contribution < -0.4 is 10.1 Å². The molecule has 0 aliphatic rings. The predicted molar refractivity (Wildman–Crippen MR) is 71.2 cm³/mol. The van der Waals surface area contributed by atoms with Crippen LogP contribution in [-0.2, 0) is 13.6 Å². The molecule has 0 fully saturated rings. The van der Waals surface area contributed by atoms with Gasteiger partial charge < -0.3 is 19.7 Å². The summed E-state index contributed by atoms with van der Waals surface area (Å²) in [6, 6.07) is 6.47. The Bertz CT molecular complexity index is 590. The van der Waals surface area contributed by atoms with E-state index in [-0.39, 0.29) is 17.2 Å². The van der Waals surface area contributed by atoms with Crippen LogP contribution in [0.5, 0.6) is 11.5 Å². The van der Waals surface area contributed by atoms with Gasteiger partial charge in [0.2, 0.25) is 0 Å². The Labute approximate surface area is 111 Å². The summed E-state index contributed by atoms with van der Waals surface area (Å²) in [6.07, 6.45) is 3.83. The topological polar surface area (TPSA) is 63.5 Å². The van der Waals surface area contributed by atoms with Gasteiger partial charge in [-0.3, -0.25) is 4.79 Å². The van der Waals surface area contributed by atoms with Crippen molar-refractivity contribution in [3.8, 4) is 11.5 Å². The average molecular weight is 260 g/mol. The van der Waals surface area contributed by atoms with Crippen molar-refractivity contribution in [3.05, 3.63) is 47.8 Å². The van der Waals surface area contributed by atoms with Gasteiger partial charge in [0.15, 0.2) is 0 Å². The van der Waals surface area contributed by atoms with Crippen molar-refractivity contribution in [2.45, 2.75) is 6.54 Å². The molecule has 1 amide bonds. The van der Waals surface area contributed by atoms with E-state index in [9.17, 15) is 9.90 Å². The maximum absolute atomic E-state index is 12.0. The van der Waals surface area contributed by atoms with Gasteiger partial charge in [0, 0.05) is 26.0 Å². The molecule has 0 bridgehead atoms. The highest BCUT2D eigenvalue weighted by atomic mass is 16.5. The third-order valence-electron chi connectivity index (χ3n) is 2.79. The zero-order valence-electron chi connectivity index (χ0n) is 10.9. The van der Waals surface area contributed by atoms with Gasteiger partial charge >= 0.3 is 0 Å². The third-order valence-corrected chi connectivity index (χ3v) is 2.79. The summed E-state index contributed by atoms with van der Waals surface area (Å²) in [6.45, 7) is 0.413. The van der Waals surface area contributed by atoms with Crippen molar-refractivity contribution < 1.29 is 14.6 Å². The third kappa shape index (κ3) is 3.07. The van der Waals surface area contributed by atoms with E-state index >= 15 is 0 Å². The van der Waals surface area contributed by atoms with Crippen LogP contribution >= 0.6 is 0 Å². The van der Waals surface area contributed by atoms with Gasteiger partial charge in [-0.15, -0.1) is 0 Å². The highest BCUT2D eigenvalue weighted by molar-refractivity contribution is 5.97. The van der Waals surface area contributed by atoms with Crippen LogP contribution in [0.25, 0.3) is 0 Å². The molecule has 100 valence electrons. The summed E-state index contributed by atoms with van der Waals surface area (Å²) in [5, 5.41) is 12.4. The van der Waals surface area contributed by atoms with Crippen LogP contribution in [0.2, 0.25) is 0 Å². The molecule has 0 atom stereocenters. The fourth-order valence-electron chi connectivity index (χ4n) is 1.77. The fourth-order valence-corrected chi connectivity index (χ4v) is 1.77. The number of aromatic nitrogens is 1. The Kier molecular flexibility index (Phi) is 3.75. The molecule has 0 saturated heterocycles. The molecular weight excluding hydrogens is 244 g/mol. The molecule has 0 saturated carbocycles. The normalized spacial score (nSPS) is 10.2. The first-order chi connectivity index (χ1) is 9.10. The van der Waals surface area contributed by atoms with Gasteiger partial charge in [0.25, 0.3) is 5.91 Å². The molecule has 2 N–H and O–H groups in total. The smallest absolute Gasteiger partial charge is 0.255 e. The van der Waals surface area contributed by atoms with Crippen molar-refractivity contribution in [1.29, 1.82) is 0 Å². The minimum atomic E-state index is -0.333. The second-order valence-electron chi connectivity index (χ2n) is 4.25. The van der Waals surface area contributed by atoms with E-state index in [1.54, 1.807) is 6.07 Å². The number of nitrogens with zero attached hydrogens (tertiary/aromatic N) is 1. The molecular formula is C14H16N2O3. The monoisotopic (exact) mass is 260 g/mol. The van der Waals surface area contributed by atoms with Crippen LogP contribution in [0.4, 0.5) is 0 Å². The molecule has 5 heteroatoms. The van der Waals surface area contributed by atoms with Crippen molar-refractivity contribution in [2.75, 3.05) is 7.11 Å². The van der Waals surface area contributed by atoms with Crippen LogP contribution in [-0.4, -0.2) is 22.7 Å². The minimum absolute atomic E-state index is 0.0636. The lowest BCUT2D eigenvalue weighted by Gasteiger charge is -2.07. The van der Waals surface area contributed by atoms with E-state index < -0.39 is 0 Å². The number of aryl methyl sites for hydroxylation is 1. The standard InChI is InChI=1S/C14H16N2O3/c1-16-6-5-10(9-16)8-15-14(18)12-7-11(19-2)3-4-13(12)17/h3-7,9,17H,8H2,1-2H3,(H,15,18). The van der Waals surface area contributed by atoms with E-state index in [4.69, 9.17) is 4.74 Å². The first-order valence-corrected chi connectivity index (χ1v) is 5.86. The second kappa shape index (κ2) is 5.48. The predicted octanol–water partition coefficient (Wildman–Crippen LogP) is 1.67. The lowest BCUT2D eigenvalue weighted by atomic mass is 10.1. The highest BCUT2D eigenvalue weighted by Crippen LogP contribution is 2.22. The second-order valence-corrected chi connectivity index (χ2v) is 4.25. The number of phenolic OH excluding ortho intramolecular Hbond substituents is 1. The number of carbonyl (C=O) groups is 1. The SMILES string of the molecule is COc1ccc(O)c(C(=O)NCc2ccn(C)c2)c1. The first kappa shape index (κ1) is 13.0. The lowest BCUT2D eigenvalue weighted by Crippen LogP contribution is -2.22. The summed E-state index contributed by atoms with van der Waals surface area (Å²) in [4.78, 5) is 12.0. The number of carbonyl (C=O) groups excluding carboxylic acids is 1. The molecule has 1 aromatic carbocycles. The number of aromatic hydroxyl groups is 1. The summed E-state index contributed by atoms with van der Waals surface area (Å²) < 4.78 is 6.94. The largest absolute Gasteiger partial charge is 0.507 e. The molecule has 2 aromatic rings. The number of rotatable bonds is 4. The van der Waals surface area contributed by atoms with E-state index in [0.717, 1.165) is 5.56 Å². The summed E-state index contributed by atoms with van der Waals surface area (Å²) in [5.41, 5.74) is 1.20. The van der Waals surface area contributed by atoms with E-state index in [2.05, 4.69) is 5.32 Å². The number of ether oxygens (including phenoxy) is 1. The Balaban J connectivity index is 2.07. The molecule has 2 rings (SSSR count). The molecule has 1 heterocycles. The van der Waals surface area contributed by atoms with Crippen molar-refractivity contribution in [3.63, 3.8) is 0 Å². The van der Waals surface area contributed by atoms with Crippen LogP contribution in [0, 0.1) is 0 Å². The molecule has 0 aliphatic heterocycles. The van der Waals surface area contributed by atoms with Gasteiger partial charge in [0.05, 0.1) is 12.7 Å². The zero-order chi connectivity index (χ0) is 13.8. The van der Waals surface area contributed by atoms with Crippen molar-refractivity contribution in [1.82, 2.24) is 9.88 Å². The number of methoxy groups -OCH3 is 1. The van der Waals surface area contributed by atoms with Gasteiger partial charge in [-0.1, -0.05) is 0 Å². The number of amides is 1. The van der Waals surface area contributed by atoms with Gasteiger partial charge in [-0.05, 0) is 29.8 Å². The van der Waals surface area contributed by atoms with Crippen LogP contribution in [0.1, 0.15) is 15.9 Å². The number of phenols is 1. The Morgan fingerprint density at radius 1 is 1.42 bits per heavy atom. The Morgan fingerprint density at radius 3 is 2.84 bits per heavy atom. The number of hydrogen-bond donors (Lipinski definition) is 2. The maximum Gasteiger partial charge on any atom is 0.255 e. The lowest BCUT2D eigenvalue weighted by molar-refractivity contribution is 0.0948. The summed E-state index contributed by atoms with van der Waals surface area (Å²) in [5.74, 6) is 0.134. The average Bonchev–Trinajstić information content (AvgIpc) is 2.82. The minimum Gasteiger partial charge on any atom is -0.507 e. The summed E-state index contributed by atoms with van der Waals surface area (Å²) in [7, 11) is 3.43. The number of benzene rings is 1. The first-order valence-electron chi connectivity index (χ1n) is 5.86. The molecule has 19 heavy (non-hydrogen) atoms. The number of nitrogens with one attached hydrogen (secondary N) is 1. The summed E-state index contributed by atoms with van der Waals surface area (Å²) >= 11 is 0.